The summed E-state index contributed by atoms with van der Waals surface area (Å²) >= 11 is 0. The van der Waals surface area contributed by atoms with Gasteiger partial charge in [0.15, 0.2) is 0 Å². The minimum Gasteiger partial charge on any atom is -0.330 e. The van der Waals surface area contributed by atoms with Gasteiger partial charge in [-0.1, -0.05) is 69.3 Å². The molecule has 3 aromatic carbocycles. The van der Waals surface area contributed by atoms with Crippen molar-refractivity contribution in [1.29, 1.82) is 0 Å². The van der Waals surface area contributed by atoms with Crippen molar-refractivity contribution in [3.05, 3.63) is 84.1 Å². The Hall–Kier alpha value is -3.64. The molecule has 0 unspecified atom stereocenters. The van der Waals surface area contributed by atoms with E-state index in [9.17, 15) is 4.79 Å². The Morgan fingerprint density at radius 3 is 2.50 bits per heavy atom. The standard InChI is InChI=1S/C26H29N5O/c1-26(2,3)23-17-24(31(30-23)20-11-6-8-18(16-20)14-15-27)29-25(32)28-22-13-7-10-19-9-4-5-12-21(19)22/h4-13,16-17H,14-15,27H2,1-3H3,(H2,28,29,32). The fraction of sp³-hybridized carbons (Fsp3) is 0.231. The van der Waals surface area contributed by atoms with E-state index in [0.717, 1.165) is 39.8 Å². The molecule has 0 bridgehead atoms. The van der Waals surface area contributed by atoms with Crippen LogP contribution in [0.15, 0.2) is 72.8 Å². The fourth-order valence-electron chi connectivity index (χ4n) is 3.65. The highest BCUT2D eigenvalue weighted by molar-refractivity contribution is 6.06. The van der Waals surface area contributed by atoms with Gasteiger partial charge in [-0.3, -0.25) is 5.32 Å². The molecule has 0 aliphatic carbocycles. The van der Waals surface area contributed by atoms with Crippen molar-refractivity contribution >= 4 is 28.3 Å². The van der Waals surface area contributed by atoms with Crippen LogP contribution >= 0.6 is 0 Å². The van der Waals surface area contributed by atoms with Crippen LogP contribution < -0.4 is 16.4 Å². The van der Waals surface area contributed by atoms with Crippen LogP contribution in [-0.4, -0.2) is 22.4 Å². The summed E-state index contributed by atoms with van der Waals surface area (Å²) in [5.41, 5.74) is 9.23. The van der Waals surface area contributed by atoms with Crippen LogP contribution in [0.2, 0.25) is 0 Å². The molecular formula is C26H29N5O. The van der Waals surface area contributed by atoms with E-state index in [2.05, 4.69) is 37.5 Å². The molecule has 0 aliphatic heterocycles. The number of anilines is 2. The van der Waals surface area contributed by atoms with Gasteiger partial charge >= 0.3 is 6.03 Å². The summed E-state index contributed by atoms with van der Waals surface area (Å²) < 4.78 is 1.78. The van der Waals surface area contributed by atoms with Gasteiger partial charge in [-0.05, 0) is 42.1 Å². The number of nitrogens with one attached hydrogen (secondary N) is 2. The molecule has 0 aliphatic rings. The number of rotatable bonds is 5. The number of nitrogens with two attached hydrogens (primary N) is 1. The smallest absolute Gasteiger partial charge is 0.324 e. The van der Waals surface area contributed by atoms with Gasteiger partial charge in [-0.2, -0.15) is 5.10 Å². The van der Waals surface area contributed by atoms with Crippen molar-refractivity contribution in [1.82, 2.24) is 9.78 Å². The Balaban J connectivity index is 1.66. The molecule has 4 N–H and O–H groups in total. The van der Waals surface area contributed by atoms with E-state index in [0.29, 0.717) is 12.4 Å². The van der Waals surface area contributed by atoms with E-state index in [-0.39, 0.29) is 11.4 Å². The van der Waals surface area contributed by atoms with Gasteiger partial charge in [0.05, 0.1) is 17.1 Å². The quantitative estimate of drug-likeness (QED) is 0.395. The Morgan fingerprint density at radius 1 is 0.969 bits per heavy atom. The van der Waals surface area contributed by atoms with Crippen molar-refractivity contribution in [2.75, 3.05) is 17.2 Å². The molecule has 6 nitrogen and oxygen atoms in total. The van der Waals surface area contributed by atoms with E-state index in [1.165, 1.54) is 0 Å². The SMILES string of the molecule is CC(C)(C)c1cc(NC(=O)Nc2cccc3ccccc23)n(-c2cccc(CCN)c2)n1. The van der Waals surface area contributed by atoms with Gasteiger partial charge in [0, 0.05) is 16.9 Å². The molecule has 6 heteroatoms. The molecule has 1 aromatic heterocycles. The summed E-state index contributed by atoms with van der Waals surface area (Å²) in [6.07, 6.45) is 0.783. The van der Waals surface area contributed by atoms with Crippen LogP contribution in [0.5, 0.6) is 0 Å². The summed E-state index contributed by atoms with van der Waals surface area (Å²) in [5, 5.41) is 12.8. The molecule has 32 heavy (non-hydrogen) atoms. The van der Waals surface area contributed by atoms with Crippen LogP contribution in [0, 0.1) is 0 Å². The number of urea groups is 1. The zero-order valence-electron chi connectivity index (χ0n) is 18.7. The first kappa shape index (κ1) is 21.6. The highest BCUT2D eigenvalue weighted by Gasteiger charge is 2.22. The van der Waals surface area contributed by atoms with Crippen LogP contribution in [0.3, 0.4) is 0 Å². The fourth-order valence-corrected chi connectivity index (χ4v) is 3.65. The van der Waals surface area contributed by atoms with E-state index < -0.39 is 0 Å². The average Bonchev–Trinajstić information content (AvgIpc) is 3.19. The lowest BCUT2D eigenvalue weighted by atomic mass is 9.92. The van der Waals surface area contributed by atoms with Crippen LogP contribution in [0.1, 0.15) is 32.0 Å². The molecule has 4 rings (SSSR count). The van der Waals surface area contributed by atoms with Crippen LogP contribution in [0.25, 0.3) is 16.5 Å². The summed E-state index contributed by atoms with van der Waals surface area (Å²) in [4.78, 5) is 13.0. The molecule has 0 saturated carbocycles. The van der Waals surface area contributed by atoms with Crippen molar-refractivity contribution in [2.24, 2.45) is 5.73 Å². The maximum atomic E-state index is 13.0. The number of hydrogen-bond acceptors (Lipinski definition) is 3. The highest BCUT2D eigenvalue weighted by atomic mass is 16.2. The largest absolute Gasteiger partial charge is 0.330 e. The second kappa shape index (κ2) is 8.85. The Morgan fingerprint density at radius 2 is 1.72 bits per heavy atom. The number of amides is 2. The van der Waals surface area contributed by atoms with Crippen LogP contribution in [-0.2, 0) is 11.8 Å². The minimum atomic E-state index is -0.318. The van der Waals surface area contributed by atoms with Crippen molar-refractivity contribution in [2.45, 2.75) is 32.6 Å². The first-order chi connectivity index (χ1) is 15.3. The molecule has 1 heterocycles. The average molecular weight is 428 g/mol. The molecule has 0 saturated heterocycles. The summed E-state index contributed by atoms with van der Waals surface area (Å²) in [7, 11) is 0. The minimum absolute atomic E-state index is 0.164. The normalized spacial score (nSPS) is 11.5. The van der Waals surface area contributed by atoms with E-state index >= 15 is 0 Å². The number of benzene rings is 3. The molecular weight excluding hydrogens is 398 g/mol. The van der Waals surface area contributed by atoms with Gasteiger partial charge in [-0.25, -0.2) is 9.48 Å². The molecule has 164 valence electrons. The number of fused-ring (bicyclic) bond motifs is 1. The highest BCUT2D eigenvalue weighted by Crippen LogP contribution is 2.27. The summed E-state index contributed by atoms with van der Waals surface area (Å²) in [5.74, 6) is 0.609. The molecule has 0 fully saturated rings. The first-order valence-electron chi connectivity index (χ1n) is 10.8. The number of hydrogen-bond donors (Lipinski definition) is 3. The lowest BCUT2D eigenvalue weighted by molar-refractivity contribution is 0.262. The zero-order valence-corrected chi connectivity index (χ0v) is 18.7. The third kappa shape index (κ3) is 4.65. The van der Waals surface area contributed by atoms with E-state index in [1.54, 1.807) is 4.68 Å². The Bertz CT molecular complexity index is 1250. The first-order valence-corrected chi connectivity index (χ1v) is 10.8. The third-order valence-corrected chi connectivity index (χ3v) is 5.35. The maximum absolute atomic E-state index is 13.0. The van der Waals surface area contributed by atoms with E-state index in [4.69, 9.17) is 10.8 Å². The van der Waals surface area contributed by atoms with Gasteiger partial charge < -0.3 is 11.1 Å². The van der Waals surface area contributed by atoms with Gasteiger partial charge in [0.1, 0.15) is 5.82 Å². The number of carbonyl (C=O) groups is 1. The Kier molecular flexibility index (Phi) is 5.97. The van der Waals surface area contributed by atoms with Gasteiger partial charge in [-0.15, -0.1) is 0 Å². The van der Waals surface area contributed by atoms with Gasteiger partial charge in [0.25, 0.3) is 0 Å². The van der Waals surface area contributed by atoms with Crippen molar-refractivity contribution in [3.63, 3.8) is 0 Å². The number of carbonyl (C=O) groups excluding carboxylic acids is 1. The second-order valence-electron chi connectivity index (χ2n) is 8.89. The number of aromatic nitrogens is 2. The predicted octanol–water partition coefficient (Wildman–Crippen LogP) is 5.47. The third-order valence-electron chi connectivity index (χ3n) is 5.35. The number of nitrogens with zero attached hydrogens (tertiary/aromatic N) is 2. The molecule has 0 radical (unpaired) electrons. The molecule has 4 aromatic rings. The van der Waals surface area contributed by atoms with Crippen molar-refractivity contribution in [3.8, 4) is 5.69 Å². The van der Waals surface area contributed by atoms with Crippen LogP contribution in [0.4, 0.5) is 16.3 Å². The molecule has 0 spiro atoms. The lowest BCUT2D eigenvalue weighted by Gasteiger charge is -2.14. The molecule has 0 atom stereocenters. The maximum Gasteiger partial charge on any atom is 0.324 e. The van der Waals surface area contributed by atoms with Gasteiger partial charge in [0.2, 0.25) is 0 Å². The lowest BCUT2D eigenvalue weighted by Crippen LogP contribution is -2.21. The summed E-state index contributed by atoms with van der Waals surface area (Å²) in [6, 6.07) is 23.5. The summed E-state index contributed by atoms with van der Waals surface area (Å²) in [6.45, 7) is 6.88. The second-order valence-corrected chi connectivity index (χ2v) is 8.89. The Labute approximate surface area is 188 Å². The predicted molar refractivity (Wildman–Crippen MR) is 132 cm³/mol. The molecule has 2 amide bonds. The monoisotopic (exact) mass is 427 g/mol. The zero-order chi connectivity index (χ0) is 22.7. The topological polar surface area (TPSA) is 85.0 Å². The van der Waals surface area contributed by atoms with Crippen molar-refractivity contribution < 1.29 is 4.79 Å². The van der Waals surface area contributed by atoms with E-state index in [1.807, 2.05) is 66.7 Å².